The van der Waals surface area contributed by atoms with E-state index < -0.39 is 11.5 Å². The Balaban J connectivity index is 3.12. The SMILES string of the molecule is COCC(C)(C)N(C)C(=O)c1cc(Br)cc(C(=O)O)c1. The number of benzene rings is 1. The van der Waals surface area contributed by atoms with E-state index in [4.69, 9.17) is 9.84 Å². The van der Waals surface area contributed by atoms with E-state index in [1.54, 1.807) is 25.1 Å². The number of amides is 1. The molecule has 1 rings (SSSR count). The number of nitrogens with zero attached hydrogens (tertiary/aromatic N) is 1. The molecule has 0 heterocycles. The highest BCUT2D eigenvalue weighted by Crippen LogP contribution is 2.21. The maximum Gasteiger partial charge on any atom is 0.335 e. The molecule has 6 heteroatoms. The standard InChI is InChI=1S/C14H18BrNO4/c1-14(2,8-20-4)16(3)12(17)9-5-10(13(18)19)7-11(15)6-9/h5-7H,8H2,1-4H3,(H,18,19). The second-order valence-corrected chi connectivity index (χ2v) is 6.06. The summed E-state index contributed by atoms with van der Waals surface area (Å²) in [7, 11) is 3.24. The zero-order valence-corrected chi connectivity index (χ0v) is 13.5. The maximum absolute atomic E-state index is 12.4. The van der Waals surface area contributed by atoms with Crippen LogP contribution in [0.4, 0.5) is 0 Å². The van der Waals surface area contributed by atoms with Crippen LogP contribution in [0.5, 0.6) is 0 Å². The normalized spacial score (nSPS) is 11.2. The summed E-state index contributed by atoms with van der Waals surface area (Å²) in [6.45, 7) is 4.14. The first-order valence-electron chi connectivity index (χ1n) is 6.00. The Labute approximate surface area is 126 Å². The van der Waals surface area contributed by atoms with Crippen molar-refractivity contribution in [1.29, 1.82) is 0 Å². The van der Waals surface area contributed by atoms with Gasteiger partial charge < -0.3 is 14.7 Å². The molecular formula is C14H18BrNO4. The average molecular weight is 344 g/mol. The van der Waals surface area contributed by atoms with Crippen molar-refractivity contribution in [1.82, 2.24) is 4.90 Å². The lowest BCUT2D eigenvalue weighted by Gasteiger charge is -2.35. The van der Waals surface area contributed by atoms with E-state index in [2.05, 4.69) is 15.9 Å². The van der Waals surface area contributed by atoms with Gasteiger partial charge in [-0.25, -0.2) is 4.79 Å². The highest BCUT2D eigenvalue weighted by atomic mass is 79.9. The minimum atomic E-state index is -1.07. The van der Waals surface area contributed by atoms with E-state index in [-0.39, 0.29) is 11.5 Å². The van der Waals surface area contributed by atoms with Crippen molar-refractivity contribution in [3.8, 4) is 0 Å². The van der Waals surface area contributed by atoms with Crippen LogP contribution < -0.4 is 0 Å². The number of methoxy groups -OCH3 is 1. The topological polar surface area (TPSA) is 66.8 Å². The number of carboxylic acid groups (broad SMARTS) is 1. The summed E-state index contributed by atoms with van der Waals surface area (Å²) >= 11 is 3.22. The first-order chi connectivity index (χ1) is 9.19. The number of rotatable bonds is 5. The van der Waals surface area contributed by atoms with Gasteiger partial charge in [-0.2, -0.15) is 0 Å². The minimum absolute atomic E-state index is 0.0701. The van der Waals surface area contributed by atoms with Gasteiger partial charge in [-0.15, -0.1) is 0 Å². The molecule has 1 amide bonds. The molecule has 0 aliphatic heterocycles. The van der Waals surface area contributed by atoms with E-state index in [1.165, 1.54) is 12.1 Å². The van der Waals surface area contributed by atoms with E-state index in [9.17, 15) is 9.59 Å². The van der Waals surface area contributed by atoms with Crippen LogP contribution in [0.3, 0.4) is 0 Å². The minimum Gasteiger partial charge on any atom is -0.478 e. The lowest BCUT2D eigenvalue weighted by Crippen LogP contribution is -2.48. The number of carboxylic acids is 1. The van der Waals surface area contributed by atoms with Crippen molar-refractivity contribution in [2.24, 2.45) is 0 Å². The highest BCUT2D eigenvalue weighted by Gasteiger charge is 2.28. The smallest absolute Gasteiger partial charge is 0.335 e. The van der Waals surface area contributed by atoms with Crippen LogP contribution in [0.2, 0.25) is 0 Å². The molecule has 5 nitrogen and oxygen atoms in total. The number of hydrogen-bond donors (Lipinski definition) is 1. The Bertz CT molecular complexity index is 528. The average Bonchev–Trinajstić information content (AvgIpc) is 2.36. The largest absolute Gasteiger partial charge is 0.478 e. The first kappa shape index (κ1) is 16.7. The molecule has 0 atom stereocenters. The zero-order chi connectivity index (χ0) is 15.5. The Kier molecular flexibility index (Phi) is 5.30. The lowest BCUT2D eigenvalue weighted by molar-refractivity contribution is 0.0366. The van der Waals surface area contributed by atoms with Crippen molar-refractivity contribution in [2.75, 3.05) is 20.8 Å². The predicted molar refractivity (Wildman–Crippen MR) is 79.1 cm³/mol. The molecule has 1 aromatic carbocycles. The van der Waals surface area contributed by atoms with E-state index in [0.717, 1.165) is 0 Å². The fourth-order valence-electron chi connectivity index (χ4n) is 1.76. The molecule has 1 N–H and O–H groups in total. The van der Waals surface area contributed by atoms with E-state index in [1.807, 2.05) is 13.8 Å². The number of carbonyl (C=O) groups is 2. The second-order valence-electron chi connectivity index (χ2n) is 5.14. The second kappa shape index (κ2) is 6.37. The number of aromatic carboxylic acids is 1. The molecule has 20 heavy (non-hydrogen) atoms. The van der Waals surface area contributed by atoms with Gasteiger partial charge in [0, 0.05) is 24.2 Å². The summed E-state index contributed by atoms with van der Waals surface area (Å²) in [6, 6.07) is 4.43. The molecule has 0 aliphatic rings. The van der Waals surface area contributed by atoms with Crippen LogP contribution in [0.1, 0.15) is 34.6 Å². The van der Waals surface area contributed by atoms with Gasteiger partial charge in [0.1, 0.15) is 0 Å². The Morgan fingerprint density at radius 3 is 2.35 bits per heavy atom. The van der Waals surface area contributed by atoms with Crippen molar-refractivity contribution in [2.45, 2.75) is 19.4 Å². The zero-order valence-electron chi connectivity index (χ0n) is 11.9. The summed E-state index contributed by atoms with van der Waals surface area (Å²) in [6.07, 6.45) is 0. The quantitative estimate of drug-likeness (QED) is 0.892. The molecule has 0 spiro atoms. The Hall–Kier alpha value is -1.40. The van der Waals surface area contributed by atoms with Crippen LogP contribution in [0.15, 0.2) is 22.7 Å². The van der Waals surface area contributed by atoms with Crippen LogP contribution in [0, 0.1) is 0 Å². The number of ether oxygens (including phenoxy) is 1. The molecule has 1 aromatic rings. The molecule has 0 aromatic heterocycles. The summed E-state index contributed by atoms with van der Waals surface area (Å²) in [5, 5.41) is 9.03. The Morgan fingerprint density at radius 1 is 1.30 bits per heavy atom. The number of likely N-dealkylation sites (N-methyl/N-ethyl adjacent to an activating group) is 1. The number of halogens is 1. The van der Waals surface area contributed by atoms with Gasteiger partial charge in [0.05, 0.1) is 17.7 Å². The fourth-order valence-corrected chi connectivity index (χ4v) is 2.25. The summed E-state index contributed by atoms with van der Waals surface area (Å²) in [5.74, 6) is -1.32. The predicted octanol–water partition coefficient (Wildman–Crippen LogP) is 2.64. The molecule has 0 aliphatic carbocycles. The van der Waals surface area contributed by atoms with Gasteiger partial charge in [-0.1, -0.05) is 15.9 Å². The molecule has 0 saturated carbocycles. The molecule has 0 bridgehead atoms. The molecule has 0 radical (unpaired) electrons. The molecule has 0 unspecified atom stereocenters. The molecule has 0 fully saturated rings. The maximum atomic E-state index is 12.4. The summed E-state index contributed by atoms with van der Waals surface area (Å²) in [4.78, 5) is 25.0. The molecule has 0 saturated heterocycles. The van der Waals surface area contributed by atoms with Crippen LogP contribution in [0.25, 0.3) is 0 Å². The third kappa shape index (κ3) is 3.80. The van der Waals surface area contributed by atoms with Crippen molar-refractivity contribution in [3.63, 3.8) is 0 Å². The fraction of sp³-hybridized carbons (Fsp3) is 0.429. The van der Waals surface area contributed by atoms with Gasteiger partial charge in [0.25, 0.3) is 5.91 Å². The Morgan fingerprint density at radius 2 is 1.85 bits per heavy atom. The third-order valence-corrected chi connectivity index (χ3v) is 3.56. The van der Waals surface area contributed by atoms with Crippen LogP contribution in [-0.2, 0) is 4.74 Å². The third-order valence-electron chi connectivity index (χ3n) is 3.10. The van der Waals surface area contributed by atoms with Crippen molar-refractivity contribution < 1.29 is 19.4 Å². The van der Waals surface area contributed by atoms with Crippen LogP contribution in [-0.4, -0.2) is 48.2 Å². The highest BCUT2D eigenvalue weighted by molar-refractivity contribution is 9.10. The number of carbonyl (C=O) groups excluding carboxylic acids is 1. The van der Waals surface area contributed by atoms with Crippen molar-refractivity contribution >= 4 is 27.8 Å². The summed E-state index contributed by atoms with van der Waals surface area (Å²) < 4.78 is 5.66. The van der Waals surface area contributed by atoms with Crippen LogP contribution >= 0.6 is 15.9 Å². The van der Waals surface area contributed by atoms with Gasteiger partial charge in [-0.05, 0) is 32.0 Å². The van der Waals surface area contributed by atoms with Gasteiger partial charge in [-0.3, -0.25) is 4.79 Å². The van der Waals surface area contributed by atoms with Gasteiger partial charge in [0.15, 0.2) is 0 Å². The van der Waals surface area contributed by atoms with Crippen molar-refractivity contribution in [3.05, 3.63) is 33.8 Å². The van der Waals surface area contributed by atoms with E-state index in [0.29, 0.717) is 16.6 Å². The molecular weight excluding hydrogens is 326 g/mol. The monoisotopic (exact) mass is 343 g/mol. The molecule has 110 valence electrons. The van der Waals surface area contributed by atoms with E-state index >= 15 is 0 Å². The lowest BCUT2D eigenvalue weighted by atomic mass is 10.0. The first-order valence-corrected chi connectivity index (χ1v) is 6.79. The van der Waals surface area contributed by atoms with Gasteiger partial charge in [0.2, 0.25) is 0 Å². The number of hydrogen-bond acceptors (Lipinski definition) is 3. The summed E-state index contributed by atoms with van der Waals surface area (Å²) in [5.41, 5.74) is -0.0958. The van der Waals surface area contributed by atoms with Gasteiger partial charge >= 0.3 is 5.97 Å².